The number of nitrogen functional groups attached to an aromatic ring is 4. The van der Waals surface area contributed by atoms with E-state index in [2.05, 4.69) is 0 Å². The molecule has 0 aliphatic rings. The van der Waals surface area contributed by atoms with Crippen molar-refractivity contribution in [1.82, 2.24) is 0 Å². The van der Waals surface area contributed by atoms with Crippen LogP contribution in [0.1, 0.15) is 0 Å². The number of rotatable bonds is 0. The van der Waals surface area contributed by atoms with Gasteiger partial charge >= 0.3 is 17.1 Å². The zero-order valence-electron chi connectivity index (χ0n) is 9.89. The molecule has 2 rings (SSSR count). The molecular weight excluding hydrogens is 296 g/mol. The minimum atomic E-state index is -0.177. The molecule has 0 amide bonds. The maximum absolute atomic E-state index is 10.6. The smallest absolute Gasteiger partial charge is 0.871 e. The molecule has 2 aromatic rings. The fourth-order valence-corrected chi connectivity index (χ4v) is 1.13. The molecule has 0 fully saturated rings. The molecule has 0 unspecified atom stereocenters. The SMILES string of the molecule is Nc1ccc([O-])c(N)c1.Nc1ccc([O-])c(N)c1.[Cu+2]. The average molecular weight is 310 g/mol. The first-order chi connectivity index (χ1) is 8.40. The van der Waals surface area contributed by atoms with Crippen molar-refractivity contribution in [2.75, 3.05) is 22.9 Å². The molecule has 105 valence electrons. The molecule has 0 heterocycles. The van der Waals surface area contributed by atoms with Gasteiger partial charge in [-0.3, -0.25) is 0 Å². The Hall–Kier alpha value is -2.24. The van der Waals surface area contributed by atoms with Crippen molar-refractivity contribution in [2.45, 2.75) is 0 Å². The summed E-state index contributed by atoms with van der Waals surface area (Å²) in [6.07, 6.45) is 0. The number of hydrogen-bond donors (Lipinski definition) is 4. The maximum atomic E-state index is 10.6. The van der Waals surface area contributed by atoms with E-state index in [1.807, 2.05) is 0 Å². The molecule has 0 saturated carbocycles. The molecule has 8 N–H and O–H groups in total. The Bertz CT molecular complexity index is 500. The normalized spacial score (nSPS) is 8.84. The largest absolute Gasteiger partial charge is 2.00 e. The van der Waals surface area contributed by atoms with Crippen LogP contribution in [0.2, 0.25) is 0 Å². The van der Waals surface area contributed by atoms with Crippen molar-refractivity contribution in [1.29, 1.82) is 0 Å². The first-order valence-corrected chi connectivity index (χ1v) is 5.04. The van der Waals surface area contributed by atoms with Crippen LogP contribution in [-0.2, 0) is 17.1 Å². The van der Waals surface area contributed by atoms with E-state index in [0.29, 0.717) is 11.4 Å². The van der Waals surface area contributed by atoms with E-state index >= 15 is 0 Å². The van der Waals surface area contributed by atoms with E-state index in [9.17, 15) is 10.2 Å². The molecular formula is C12H14CuN4O2. The molecule has 19 heavy (non-hydrogen) atoms. The van der Waals surface area contributed by atoms with Gasteiger partial charge in [-0.1, -0.05) is 23.6 Å². The fourth-order valence-electron chi connectivity index (χ4n) is 1.13. The fraction of sp³-hybridized carbons (Fsp3) is 0. The minimum Gasteiger partial charge on any atom is -0.871 e. The number of hydrogen-bond acceptors (Lipinski definition) is 6. The van der Waals surface area contributed by atoms with Crippen molar-refractivity contribution in [3.05, 3.63) is 36.4 Å². The van der Waals surface area contributed by atoms with Crippen LogP contribution in [0.4, 0.5) is 22.7 Å². The second-order valence-electron chi connectivity index (χ2n) is 3.59. The van der Waals surface area contributed by atoms with Gasteiger partial charge in [0.25, 0.3) is 0 Å². The van der Waals surface area contributed by atoms with E-state index in [1.165, 1.54) is 36.4 Å². The van der Waals surface area contributed by atoms with Crippen LogP contribution >= 0.6 is 0 Å². The third kappa shape index (κ3) is 5.29. The number of nitrogens with two attached hydrogens (primary N) is 4. The first-order valence-electron chi connectivity index (χ1n) is 5.04. The van der Waals surface area contributed by atoms with Crippen LogP contribution in [0, 0.1) is 0 Å². The quantitative estimate of drug-likeness (QED) is 0.392. The van der Waals surface area contributed by atoms with Crippen molar-refractivity contribution in [2.24, 2.45) is 0 Å². The van der Waals surface area contributed by atoms with Gasteiger partial charge in [0.2, 0.25) is 0 Å². The number of anilines is 4. The van der Waals surface area contributed by atoms with Gasteiger partial charge in [-0.15, -0.1) is 0 Å². The van der Waals surface area contributed by atoms with Gasteiger partial charge < -0.3 is 33.1 Å². The van der Waals surface area contributed by atoms with Gasteiger partial charge in [-0.2, -0.15) is 0 Å². The predicted molar refractivity (Wildman–Crippen MR) is 69.4 cm³/mol. The van der Waals surface area contributed by atoms with E-state index in [1.54, 1.807) is 0 Å². The molecule has 0 saturated heterocycles. The van der Waals surface area contributed by atoms with Crippen LogP contribution in [0.25, 0.3) is 0 Å². The third-order valence-corrected chi connectivity index (χ3v) is 2.07. The molecule has 0 spiro atoms. The summed E-state index contributed by atoms with van der Waals surface area (Å²) in [7, 11) is 0. The Morgan fingerprint density at radius 1 is 0.632 bits per heavy atom. The Morgan fingerprint density at radius 3 is 1.16 bits per heavy atom. The van der Waals surface area contributed by atoms with Crippen LogP contribution in [-0.4, -0.2) is 0 Å². The number of benzene rings is 2. The standard InChI is InChI=1S/2C6H8N2O.Cu/c2*7-4-1-2-6(9)5(8)3-4;/h2*1-3,9H,7-8H2;/q;;+2/p-2. The zero-order valence-corrected chi connectivity index (χ0v) is 10.8. The summed E-state index contributed by atoms with van der Waals surface area (Å²) in [6, 6.07) is 8.65. The van der Waals surface area contributed by atoms with Gasteiger partial charge in [-0.05, 0) is 24.3 Å². The van der Waals surface area contributed by atoms with Crippen molar-refractivity contribution < 1.29 is 27.3 Å². The maximum Gasteiger partial charge on any atom is 2.00 e. The Labute approximate surface area is 121 Å². The molecule has 1 radical (unpaired) electrons. The summed E-state index contributed by atoms with van der Waals surface area (Å²) in [4.78, 5) is 0. The zero-order chi connectivity index (χ0) is 13.7. The van der Waals surface area contributed by atoms with Crippen molar-refractivity contribution in [3.8, 4) is 11.5 Å². The summed E-state index contributed by atoms with van der Waals surface area (Å²) in [6.45, 7) is 0. The van der Waals surface area contributed by atoms with Crippen LogP contribution in [0.15, 0.2) is 36.4 Å². The molecule has 0 bridgehead atoms. The van der Waals surface area contributed by atoms with E-state index in [4.69, 9.17) is 22.9 Å². The van der Waals surface area contributed by atoms with Crippen molar-refractivity contribution in [3.63, 3.8) is 0 Å². The summed E-state index contributed by atoms with van der Waals surface area (Å²) in [5.74, 6) is -0.353. The van der Waals surface area contributed by atoms with Gasteiger partial charge in [0.05, 0.1) is 0 Å². The molecule has 0 aliphatic carbocycles. The van der Waals surface area contributed by atoms with Crippen LogP contribution < -0.4 is 33.1 Å². The van der Waals surface area contributed by atoms with E-state index in [0.717, 1.165) is 0 Å². The third-order valence-electron chi connectivity index (χ3n) is 2.07. The summed E-state index contributed by atoms with van der Waals surface area (Å²) in [5.41, 5.74) is 22.5. The second kappa shape index (κ2) is 7.25. The summed E-state index contributed by atoms with van der Waals surface area (Å²) in [5, 5.41) is 21.2. The molecule has 6 nitrogen and oxygen atoms in total. The van der Waals surface area contributed by atoms with Crippen LogP contribution in [0.5, 0.6) is 11.5 Å². The van der Waals surface area contributed by atoms with Gasteiger partial charge in [0.1, 0.15) is 0 Å². The molecule has 0 aromatic heterocycles. The molecule has 7 heteroatoms. The van der Waals surface area contributed by atoms with E-state index in [-0.39, 0.29) is 39.9 Å². The molecule has 0 atom stereocenters. The predicted octanol–water partition coefficient (Wildman–Crippen LogP) is -0.153. The van der Waals surface area contributed by atoms with Gasteiger partial charge in [-0.25, -0.2) is 0 Å². The average Bonchev–Trinajstić information content (AvgIpc) is 2.30. The second-order valence-corrected chi connectivity index (χ2v) is 3.59. The van der Waals surface area contributed by atoms with Crippen LogP contribution in [0.3, 0.4) is 0 Å². The Kier molecular flexibility index (Phi) is 6.40. The Balaban J connectivity index is 0.000000324. The van der Waals surface area contributed by atoms with Gasteiger partial charge in [0, 0.05) is 22.7 Å². The topological polar surface area (TPSA) is 150 Å². The summed E-state index contributed by atoms with van der Waals surface area (Å²) >= 11 is 0. The summed E-state index contributed by atoms with van der Waals surface area (Å²) < 4.78 is 0. The van der Waals surface area contributed by atoms with E-state index < -0.39 is 0 Å². The van der Waals surface area contributed by atoms with Gasteiger partial charge in [0.15, 0.2) is 0 Å². The monoisotopic (exact) mass is 309 g/mol. The molecule has 0 aliphatic heterocycles. The molecule has 2 aromatic carbocycles. The first kappa shape index (κ1) is 16.8. The minimum absolute atomic E-state index is 0. The van der Waals surface area contributed by atoms with Crippen molar-refractivity contribution >= 4 is 22.7 Å². The Morgan fingerprint density at radius 2 is 0.947 bits per heavy atom.